The van der Waals surface area contributed by atoms with Crippen LogP contribution in [0, 0.1) is 0 Å². The van der Waals surface area contributed by atoms with Crippen molar-refractivity contribution in [1.82, 2.24) is 15.5 Å². The van der Waals surface area contributed by atoms with E-state index >= 15 is 0 Å². The molecule has 0 saturated carbocycles. The summed E-state index contributed by atoms with van der Waals surface area (Å²) in [4.78, 5) is 24.7. The maximum atomic E-state index is 13.4. The molecule has 1 aromatic rings. The van der Waals surface area contributed by atoms with Gasteiger partial charge in [-0.2, -0.15) is 13.2 Å². The number of nitrogens with one attached hydrogen (secondary N) is 1. The second-order valence-corrected chi connectivity index (χ2v) is 4.94. The third kappa shape index (κ3) is 3.41. The summed E-state index contributed by atoms with van der Waals surface area (Å²) in [7, 11) is 0. The molecule has 0 unspecified atom stereocenters. The number of carboxylic acids is 1. The van der Waals surface area contributed by atoms with E-state index in [0.29, 0.717) is 26.2 Å². The minimum Gasteiger partial charge on any atom is -0.476 e. The number of alkyl halides is 3. The van der Waals surface area contributed by atoms with E-state index < -0.39 is 34.7 Å². The summed E-state index contributed by atoms with van der Waals surface area (Å²) in [6.07, 6.45) is -5.22. The zero-order valence-electron chi connectivity index (χ0n) is 12.3. The van der Waals surface area contributed by atoms with E-state index in [4.69, 9.17) is 5.11 Å². The van der Waals surface area contributed by atoms with Crippen LogP contribution in [0.25, 0.3) is 0 Å². The first kappa shape index (κ1) is 17.1. The molecule has 0 aliphatic carbocycles. The highest BCUT2D eigenvalue weighted by Gasteiger charge is 2.43. The van der Waals surface area contributed by atoms with E-state index in [1.54, 1.807) is 0 Å². The van der Waals surface area contributed by atoms with Gasteiger partial charge in [0, 0.05) is 32.6 Å². The summed E-state index contributed by atoms with van der Waals surface area (Å²) in [5.74, 6) is -2.90. The Kier molecular flexibility index (Phi) is 4.83. The molecular weight excluding hydrogens is 317 g/mol. The van der Waals surface area contributed by atoms with Crippen molar-refractivity contribution in [2.24, 2.45) is 0 Å². The number of halogens is 3. The molecule has 0 spiro atoms. The maximum absolute atomic E-state index is 13.4. The van der Waals surface area contributed by atoms with Crippen LogP contribution in [0.5, 0.6) is 0 Å². The molecule has 1 fully saturated rings. The van der Waals surface area contributed by atoms with Gasteiger partial charge in [-0.05, 0) is 0 Å². The quantitative estimate of drug-likeness (QED) is 0.800. The maximum Gasteiger partial charge on any atom is 0.419 e. The molecule has 2 heterocycles. The SMILES string of the molecule is CCC(=O)c1c(N2CCNCC2)nnc(C(=O)O)c1C(F)(F)F. The van der Waals surface area contributed by atoms with Crippen LogP contribution in [-0.2, 0) is 6.18 Å². The smallest absolute Gasteiger partial charge is 0.419 e. The fourth-order valence-corrected chi connectivity index (χ4v) is 2.39. The predicted octanol–water partition coefficient (Wildman–Crippen LogP) is 1.20. The first-order chi connectivity index (χ1) is 10.8. The number of carbonyl (C=O) groups excluding carboxylic acids is 1. The van der Waals surface area contributed by atoms with Crippen LogP contribution in [0.1, 0.15) is 39.8 Å². The van der Waals surface area contributed by atoms with Gasteiger partial charge in [0.25, 0.3) is 0 Å². The number of aromatic carboxylic acids is 1. The van der Waals surface area contributed by atoms with Crippen LogP contribution >= 0.6 is 0 Å². The summed E-state index contributed by atoms with van der Waals surface area (Å²) >= 11 is 0. The fourth-order valence-electron chi connectivity index (χ4n) is 2.39. The van der Waals surface area contributed by atoms with Crippen molar-refractivity contribution < 1.29 is 27.9 Å². The van der Waals surface area contributed by atoms with Crippen molar-refractivity contribution in [2.75, 3.05) is 31.1 Å². The number of aromatic nitrogens is 2. The standard InChI is InChI=1S/C13H15F3N4O3/c1-2-7(21)8-9(13(14,15)16)10(12(22)23)18-19-11(8)20-5-3-17-4-6-20/h17H,2-6H2,1H3,(H,22,23). The number of hydrogen-bond acceptors (Lipinski definition) is 6. The number of carboxylic acid groups (broad SMARTS) is 1. The highest BCUT2D eigenvalue weighted by atomic mass is 19.4. The van der Waals surface area contributed by atoms with Crippen molar-refractivity contribution in [2.45, 2.75) is 19.5 Å². The number of rotatable bonds is 4. The molecule has 0 atom stereocenters. The monoisotopic (exact) mass is 332 g/mol. The Morgan fingerprint density at radius 3 is 2.35 bits per heavy atom. The normalized spacial score (nSPS) is 15.6. The van der Waals surface area contributed by atoms with Gasteiger partial charge in [-0.3, -0.25) is 4.79 Å². The molecular formula is C13H15F3N4O3. The summed E-state index contributed by atoms with van der Waals surface area (Å²) in [5, 5.41) is 18.8. The molecule has 0 aromatic carbocycles. The Balaban J connectivity index is 2.72. The summed E-state index contributed by atoms with van der Waals surface area (Å²) in [6.45, 7) is 3.14. The molecule has 1 aliphatic rings. The Bertz CT molecular complexity index is 628. The van der Waals surface area contributed by atoms with Gasteiger partial charge < -0.3 is 15.3 Å². The number of anilines is 1. The zero-order valence-corrected chi connectivity index (χ0v) is 12.3. The van der Waals surface area contributed by atoms with E-state index in [0.717, 1.165) is 0 Å². The molecule has 0 radical (unpaired) electrons. The van der Waals surface area contributed by atoms with Crippen LogP contribution in [-0.4, -0.2) is 53.2 Å². The van der Waals surface area contributed by atoms with Gasteiger partial charge in [0.2, 0.25) is 0 Å². The predicted molar refractivity (Wildman–Crippen MR) is 73.7 cm³/mol. The van der Waals surface area contributed by atoms with E-state index in [2.05, 4.69) is 15.5 Å². The van der Waals surface area contributed by atoms with Crippen molar-refractivity contribution >= 4 is 17.6 Å². The fraction of sp³-hybridized carbons (Fsp3) is 0.538. The molecule has 7 nitrogen and oxygen atoms in total. The lowest BCUT2D eigenvalue weighted by Crippen LogP contribution is -2.45. The second kappa shape index (κ2) is 6.49. The first-order valence-electron chi connectivity index (χ1n) is 6.97. The lowest BCUT2D eigenvalue weighted by molar-refractivity contribution is -0.138. The topological polar surface area (TPSA) is 95.4 Å². The molecule has 23 heavy (non-hydrogen) atoms. The van der Waals surface area contributed by atoms with Gasteiger partial charge in [0.1, 0.15) is 5.56 Å². The molecule has 1 aliphatic heterocycles. The highest BCUT2D eigenvalue weighted by Crippen LogP contribution is 2.37. The van der Waals surface area contributed by atoms with Crippen molar-refractivity contribution in [3.63, 3.8) is 0 Å². The average Bonchev–Trinajstić information content (AvgIpc) is 2.52. The molecule has 10 heteroatoms. The van der Waals surface area contributed by atoms with Gasteiger partial charge >= 0.3 is 12.1 Å². The van der Waals surface area contributed by atoms with Gasteiger partial charge in [-0.25, -0.2) is 4.79 Å². The van der Waals surface area contributed by atoms with Gasteiger partial charge in [-0.1, -0.05) is 6.92 Å². The van der Waals surface area contributed by atoms with Crippen LogP contribution in [0.4, 0.5) is 19.0 Å². The Hall–Kier alpha value is -2.23. The van der Waals surface area contributed by atoms with E-state index in [9.17, 15) is 22.8 Å². The molecule has 1 saturated heterocycles. The number of carbonyl (C=O) groups is 2. The van der Waals surface area contributed by atoms with E-state index in [1.807, 2.05) is 0 Å². The number of hydrogen-bond donors (Lipinski definition) is 2. The highest BCUT2D eigenvalue weighted by molar-refractivity contribution is 6.04. The van der Waals surface area contributed by atoms with Gasteiger partial charge in [0.15, 0.2) is 17.3 Å². The lowest BCUT2D eigenvalue weighted by Gasteiger charge is -2.30. The molecule has 0 bridgehead atoms. The zero-order chi connectivity index (χ0) is 17.2. The minimum atomic E-state index is -5.02. The largest absolute Gasteiger partial charge is 0.476 e. The van der Waals surface area contributed by atoms with E-state index in [1.165, 1.54) is 11.8 Å². The van der Waals surface area contributed by atoms with Crippen LogP contribution in [0.2, 0.25) is 0 Å². The minimum absolute atomic E-state index is 0.201. The number of nitrogens with zero attached hydrogens (tertiary/aromatic N) is 3. The molecule has 126 valence electrons. The molecule has 2 rings (SSSR count). The van der Waals surface area contributed by atoms with Crippen molar-refractivity contribution in [3.05, 3.63) is 16.8 Å². The Morgan fingerprint density at radius 2 is 1.87 bits per heavy atom. The second-order valence-electron chi connectivity index (χ2n) is 4.94. The third-order valence-electron chi connectivity index (χ3n) is 3.46. The molecule has 1 aromatic heterocycles. The summed E-state index contributed by atoms with van der Waals surface area (Å²) in [6, 6.07) is 0. The Morgan fingerprint density at radius 1 is 1.26 bits per heavy atom. The van der Waals surface area contributed by atoms with Crippen LogP contribution in [0.15, 0.2) is 0 Å². The van der Waals surface area contributed by atoms with Crippen LogP contribution < -0.4 is 10.2 Å². The average molecular weight is 332 g/mol. The van der Waals surface area contributed by atoms with Crippen LogP contribution in [0.3, 0.4) is 0 Å². The summed E-state index contributed by atoms with van der Waals surface area (Å²) < 4.78 is 40.2. The van der Waals surface area contributed by atoms with Gasteiger partial charge in [0.05, 0.1) is 5.56 Å². The molecule has 2 N–H and O–H groups in total. The van der Waals surface area contributed by atoms with E-state index in [-0.39, 0.29) is 12.2 Å². The third-order valence-corrected chi connectivity index (χ3v) is 3.46. The summed E-state index contributed by atoms with van der Waals surface area (Å²) in [5.41, 5.74) is -3.50. The first-order valence-corrected chi connectivity index (χ1v) is 6.97. The number of Topliss-reactive ketones (excluding diaryl/α,β-unsaturated/α-hetero) is 1. The van der Waals surface area contributed by atoms with Crippen molar-refractivity contribution in [3.8, 4) is 0 Å². The Labute approximate surface area is 129 Å². The van der Waals surface area contributed by atoms with Gasteiger partial charge in [-0.15, -0.1) is 10.2 Å². The number of piperazine rings is 1. The lowest BCUT2D eigenvalue weighted by atomic mass is 10.00. The van der Waals surface area contributed by atoms with Crippen molar-refractivity contribution in [1.29, 1.82) is 0 Å². The molecule has 0 amide bonds. The number of ketones is 1.